The van der Waals surface area contributed by atoms with E-state index in [1.807, 2.05) is 17.4 Å². The minimum absolute atomic E-state index is 0.718. The Balaban J connectivity index is 2.46. The van der Waals surface area contributed by atoms with Crippen molar-refractivity contribution in [3.63, 3.8) is 0 Å². The van der Waals surface area contributed by atoms with E-state index in [2.05, 4.69) is 42.8 Å². The third kappa shape index (κ3) is 4.07. The Labute approximate surface area is 91.1 Å². The summed E-state index contributed by atoms with van der Waals surface area (Å²) in [5.74, 6) is 0.718. The zero-order chi connectivity index (χ0) is 10.4. The smallest absolute Gasteiger partial charge is 0.0331 e. The molecule has 0 amide bonds. The fourth-order valence-corrected chi connectivity index (χ4v) is 2.27. The molecule has 0 aliphatic rings. The number of hydrogen-bond acceptors (Lipinski definition) is 2. The van der Waals surface area contributed by atoms with Gasteiger partial charge in [0.25, 0.3) is 0 Å². The third-order valence-corrected chi connectivity index (χ3v) is 2.83. The third-order valence-electron chi connectivity index (χ3n) is 1.97. The summed E-state index contributed by atoms with van der Waals surface area (Å²) in [4.78, 5) is 3.87. The molecule has 0 unspecified atom stereocenters. The molecule has 0 atom stereocenters. The highest BCUT2D eigenvalue weighted by Gasteiger charge is 2.06. The van der Waals surface area contributed by atoms with Crippen LogP contribution in [0.15, 0.2) is 30.2 Å². The van der Waals surface area contributed by atoms with Gasteiger partial charge in [0.15, 0.2) is 0 Å². The van der Waals surface area contributed by atoms with Crippen molar-refractivity contribution in [2.24, 2.45) is 5.92 Å². The molecule has 0 N–H and O–H groups in total. The molecule has 0 spiro atoms. The van der Waals surface area contributed by atoms with E-state index >= 15 is 0 Å². The van der Waals surface area contributed by atoms with Crippen LogP contribution < -0.4 is 0 Å². The standard InChI is InChI=1S/C12H19NS/c1-4-7-13(9-11(2)3)10-12-6-5-8-14-12/h4-6,8,11H,1,7,9-10H2,2-3H3. The van der Waals surface area contributed by atoms with E-state index in [9.17, 15) is 0 Å². The summed E-state index contributed by atoms with van der Waals surface area (Å²) in [6.45, 7) is 11.5. The molecular formula is C12H19NS. The summed E-state index contributed by atoms with van der Waals surface area (Å²) in [5.41, 5.74) is 0. The van der Waals surface area contributed by atoms with Gasteiger partial charge in [-0.3, -0.25) is 4.90 Å². The molecule has 0 fully saturated rings. The molecule has 14 heavy (non-hydrogen) atoms. The highest BCUT2D eigenvalue weighted by Crippen LogP contribution is 2.12. The molecule has 2 heteroatoms. The van der Waals surface area contributed by atoms with Gasteiger partial charge in [-0.05, 0) is 17.4 Å². The second kappa shape index (κ2) is 5.99. The Morgan fingerprint density at radius 3 is 2.86 bits per heavy atom. The van der Waals surface area contributed by atoms with E-state index in [-0.39, 0.29) is 0 Å². The highest BCUT2D eigenvalue weighted by atomic mass is 32.1. The second-order valence-corrected chi connectivity index (χ2v) is 4.99. The lowest BCUT2D eigenvalue weighted by Crippen LogP contribution is -2.27. The number of rotatable bonds is 6. The van der Waals surface area contributed by atoms with Gasteiger partial charge >= 0.3 is 0 Å². The SMILES string of the molecule is C=CCN(Cc1cccs1)CC(C)C. The van der Waals surface area contributed by atoms with Gasteiger partial charge < -0.3 is 0 Å². The quantitative estimate of drug-likeness (QED) is 0.649. The van der Waals surface area contributed by atoms with Gasteiger partial charge in [0.2, 0.25) is 0 Å². The van der Waals surface area contributed by atoms with Crippen LogP contribution in [0.1, 0.15) is 18.7 Å². The maximum Gasteiger partial charge on any atom is 0.0331 e. The van der Waals surface area contributed by atoms with E-state index in [1.165, 1.54) is 4.88 Å². The van der Waals surface area contributed by atoms with Gasteiger partial charge in [0.1, 0.15) is 0 Å². The first kappa shape index (κ1) is 11.5. The van der Waals surface area contributed by atoms with Crippen molar-refractivity contribution in [3.05, 3.63) is 35.0 Å². The summed E-state index contributed by atoms with van der Waals surface area (Å²) in [5, 5.41) is 2.14. The summed E-state index contributed by atoms with van der Waals surface area (Å²) in [7, 11) is 0. The van der Waals surface area contributed by atoms with E-state index < -0.39 is 0 Å². The molecule has 0 saturated heterocycles. The van der Waals surface area contributed by atoms with Crippen molar-refractivity contribution < 1.29 is 0 Å². The maximum atomic E-state index is 3.80. The van der Waals surface area contributed by atoms with Crippen LogP contribution in [0, 0.1) is 5.92 Å². The molecule has 0 saturated carbocycles. The zero-order valence-corrected chi connectivity index (χ0v) is 9.89. The van der Waals surface area contributed by atoms with Crippen LogP contribution in [0.5, 0.6) is 0 Å². The number of hydrogen-bond donors (Lipinski definition) is 0. The Kier molecular flexibility index (Phi) is 4.91. The summed E-state index contributed by atoms with van der Waals surface area (Å²) >= 11 is 1.83. The monoisotopic (exact) mass is 209 g/mol. The predicted octanol–water partition coefficient (Wildman–Crippen LogP) is 3.39. The van der Waals surface area contributed by atoms with Crippen LogP contribution in [0.2, 0.25) is 0 Å². The van der Waals surface area contributed by atoms with Crippen molar-refractivity contribution in [1.29, 1.82) is 0 Å². The molecule has 78 valence electrons. The van der Waals surface area contributed by atoms with Crippen molar-refractivity contribution in [1.82, 2.24) is 4.90 Å². The summed E-state index contributed by atoms with van der Waals surface area (Å²) in [6, 6.07) is 4.31. The molecule has 1 aromatic rings. The molecule has 1 rings (SSSR count). The van der Waals surface area contributed by atoms with E-state index in [1.54, 1.807) is 0 Å². The fourth-order valence-electron chi connectivity index (χ4n) is 1.53. The number of thiophene rings is 1. The molecule has 0 aliphatic heterocycles. The van der Waals surface area contributed by atoms with E-state index in [0.717, 1.165) is 25.6 Å². The van der Waals surface area contributed by atoms with Crippen LogP contribution in [-0.4, -0.2) is 18.0 Å². The topological polar surface area (TPSA) is 3.24 Å². The van der Waals surface area contributed by atoms with Gasteiger partial charge in [-0.25, -0.2) is 0 Å². The molecule has 1 aromatic heterocycles. The zero-order valence-electron chi connectivity index (χ0n) is 9.07. The largest absolute Gasteiger partial charge is 0.294 e. The minimum atomic E-state index is 0.718. The highest BCUT2D eigenvalue weighted by molar-refractivity contribution is 7.09. The Morgan fingerprint density at radius 1 is 1.57 bits per heavy atom. The van der Waals surface area contributed by atoms with E-state index in [0.29, 0.717) is 0 Å². The lowest BCUT2D eigenvalue weighted by molar-refractivity contribution is 0.263. The van der Waals surface area contributed by atoms with Crippen LogP contribution in [0.3, 0.4) is 0 Å². The lowest BCUT2D eigenvalue weighted by atomic mass is 10.2. The molecule has 1 heterocycles. The first-order valence-electron chi connectivity index (χ1n) is 5.08. The summed E-state index contributed by atoms with van der Waals surface area (Å²) in [6.07, 6.45) is 1.98. The molecule has 0 aromatic carbocycles. The molecular weight excluding hydrogens is 190 g/mol. The first-order chi connectivity index (χ1) is 6.72. The Hall–Kier alpha value is -0.600. The van der Waals surface area contributed by atoms with Crippen LogP contribution in [-0.2, 0) is 6.54 Å². The number of nitrogens with zero attached hydrogens (tertiary/aromatic N) is 1. The molecule has 1 nitrogen and oxygen atoms in total. The second-order valence-electron chi connectivity index (χ2n) is 3.96. The van der Waals surface area contributed by atoms with Crippen molar-refractivity contribution in [2.75, 3.05) is 13.1 Å². The Bertz CT molecular complexity index is 251. The van der Waals surface area contributed by atoms with Gasteiger partial charge in [0.05, 0.1) is 0 Å². The van der Waals surface area contributed by atoms with Crippen LogP contribution >= 0.6 is 11.3 Å². The average Bonchev–Trinajstić information content (AvgIpc) is 2.56. The van der Waals surface area contributed by atoms with Crippen LogP contribution in [0.25, 0.3) is 0 Å². The van der Waals surface area contributed by atoms with Gasteiger partial charge in [-0.15, -0.1) is 17.9 Å². The minimum Gasteiger partial charge on any atom is -0.294 e. The molecule has 0 radical (unpaired) electrons. The van der Waals surface area contributed by atoms with Crippen LogP contribution in [0.4, 0.5) is 0 Å². The van der Waals surface area contributed by atoms with Crippen molar-refractivity contribution >= 4 is 11.3 Å². The maximum absolute atomic E-state index is 3.80. The van der Waals surface area contributed by atoms with Crippen molar-refractivity contribution in [2.45, 2.75) is 20.4 Å². The van der Waals surface area contributed by atoms with Gasteiger partial charge in [0, 0.05) is 24.5 Å². The Morgan fingerprint density at radius 2 is 2.36 bits per heavy atom. The average molecular weight is 209 g/mol. The predicted molar refractivity (Wildman–Crippen MR) is 64.6 cm³/mol. The van der Waals surface area contributed by atoms with Gasteiger partial charge in [-0.1, -0.05) is 26.0 Å². The lowest BCUT2D eigenvalue weighted by Gasteiger charge is -2.21. The first-order valence-corrected chi connectivity index (χ1v) is 5.96. The summed E-state index contributed by atoms with van der Waals surface area (Å²) < 4.78 is 0. The normalized spacial score (nSPS) is 11.1. The van der Waals surface area contributed by atoms with E-state index in [4.69, 9.17) is 0 Å². The fraction of sp³-hybridized carbons (Fsp3) is 0.500. The molecule has 0 aliphatic carbocycles. The van der Waals surface area contributed by atoms with Crippen molar-refractivity contribution in [3.8, 4) is 0 Å². The molecule has 0 bridgehead atoms. The van der Waals surface area contributed by atoms with Gasteiger partial charge in [-0.2, -0.15) is 0 Å².